The largest absolute Gasteiger partial charge is 0.434 e. The monoisotopic (exact) mass is 543 g/mol. The standard InChI is InChI=1S/C27H25ClF3N5O2/c28-19-12-21(24(33-14-19)27(29,30)31)25(37)34-20-9-7-17(8-10-20)15-35-22-5-1-2-6-23(22)36(26(35)38)16-18-4-3-11-32-13-18/h1-6,11-14,17,20H,7-10,15-16H2,(H,34,37). The molecule has 1 aromatic carbocycles. The summed E-state index contributed by atoms with van der Waals surface area (Å²) in [5, 5.41) is 2.67. The lowest BCUT2D eigenvalue weighted by Gasteiger charge is -2.29. The van der Waals surface area contributed by atoms with Crippen molar-refractivity contribution in [3.05, 3.63) is 93.4 Å². The van der Waals surface area contributed by atoms with Gasteiger partial charge in [0.05, 0.1) is 28.2 Å². The quantitative estimate of drug-likeness (QED) is 0.358. The highest BCUT2D eigenvalue weighted by Gasteiger charge is 2.38. The first-order valence-electron chi connectivity index (χ1n) is 12.3. The molecule has 0 unspecified atom stereocenters. The fourth-order valence-electron chi connectivity index (χ4n) is 5.12. The second kappa shape index (κ2) is 10.6. The van der Waals surface area contributed by atoms with Crippen LogP contribution in [0.1, 0.15) is 47.3 Å². The van der Waals surface area contributed by atoms with Gasteiger partial charge in [-0.25, -0.2) is 9.78 Å². The molecule has 1 fully saturated rings. The topological polar surface area (TPSA) is 81.8 Å². The van der Waals surface area contributed by atoms with Crippen LogP contribution in [0.3, 0.4) is 0 Å². The second-order valence-corrected chi connectivity index (χ2v) is 10.0. The van der Waals surface area contributed by atoms with E-state index in [1.807, 2.05) is 36.4 Å². The highest BCUT2D eigenvalue weighted by atomic mass is 35.5. The molecule has 1 saturated carbocycles. The Bertz CT molecular complexity index is 1510. The summed E-state index contributed by atoms with van der Waals surface area (Å²) in [4.78, 5) is 33.6. The van der Waals surface area contributed by atoms with Gasteiger partial charge in [-0.3, -0.25) is 18.9 Å². The number of carbonyl (C=O) groups excluding carboxylic acids is 1. The summed E-state index contributed by atoms with van der Waals surface area (Å²) in [6.07, 6.45) is 2.17. The van der Waals surface area contributed by atoms with Crippen molar-refractivity contribution < 1.29 is 18.0 Å². The van der Waals surface area contributed by atoms with Crippen molar-refractivity contribution in [2.45, 2.75) is 51.0 Å². The van der Waals surface area contributed by atoms with E-state index >= 15 is 0 Å². The Labute approximate surface area is 221 Å². The molecule has 0 atom stereocenters. The maximum absolute atomic E-state index is 13.4. The SMILES string of the molecule is O=C(NC1CCC(Cn2c(=O)n(Cc3cccnc3)c3ccccc32)CC1)c1cc(Cl)cnc1C(F)(F)F. The normalized spacial score (nSPS) is 18.0. The number of aromatic nitrogens is 4. The number of rotatable bonds is 6. The predicted molar refractivity (Wildman–Crippen MR) is 137 cm³/mol. The van der Waals surface area contributed by atoms with Crippen molar-refractivity contribution in [2.24, 2.45) is 5.92 Å². The number of para-hydroxylation sites is 2. The van der Waals surface area contributed by atoms with Gasteiger partial charge in [-0.15, -0.1) is 0 Å². The third-order valence-corrected chi connectivity index (χ3v) is 7.19. The Balaban J connectivity index is 1.27. The fraction of sp³-hybridized carbons (Fsp3) is 0.333. The first-order chi connectivity index (χ1) is 18.2. The number of hydrogen-bond donors (Lipinski definition) is 1. The van der Waals surface area contributed by atoms with Crippen LogP contribution < -0.4 is 11.0 Å². The minimum absolute atomic E-state index is 0.0417. The zero-order valence-electron chi connectivity index (χ0n) is 20.3. The summed E-state index contributed by atoms with van der Waals surface area (Å²) in [6, 6.07) is 12.1. The highest BCUT2D eigenvalue weighted by molar-refractivity contribution is 6.30. The lowest BCUT2D eigenvalue weighted by molar-refractivity contribution is -0.141. The number of imidazole rings is 1. The molecule has 38 heavy (non-hydrogen) atoms. The number of benzene rings is 1. The molecule has 1 amide bonds. The molecule has 198 valence electrons. The Kier molecular flexibility index (Phi) is 7.25. The first kappa shape index (κ1) is 26.0. The van der Waals surface area contributed by atoms with E-state index in [4.69, 9.17) is 11.6 Å². The maximum Gasteiger partial charge on any atom is 0.434 e. The molecule has 0 spiro atoms. The Hall–Kier alpha value is -3.66. The zero-order chi connectivity index (χ0) is 26.9. The van der Waals surface area contributed by atoms with Crippen LogP contribution in [-0.2, 0) is 19.3 Å². The van der Waals surface area contributed by atoms with E-state index in [0.29, 0.717) is 25.9 Å². The van der Waals surface area contributed by atoms with Gasteiger partial charge >= 0.3 is 11.9 Å². The molecular weight excluding hydrogens is 519 g/mol. The van der Waals surface area contributed by atoms with E-state index in [0.717, 1.165) is 41.7 Å². The first-order valence-corrected chi connectivity index (χ1v) is 12.7. The van der Waals surface area contributed by atoms with Crippen molar-refractivity contribution >= 4 is 28.5 Å². The van der Waals surface area contributed by atoms with Gasteiger partial charge < -0.3 is 5.32 Å². The molecule has 5 rings (SSSR count). The van der Waals surface area contributed by atoms with Crippen LogP contribution in [0.5, 0.6) is 0 Å². The van der Waals surface area contributed by atoms with Gasteiger partial charge in [0.15, 0.2) is 5.69 Å². The van der Waals surface area contributed by atoms with Crippen molar-refractivity contribution in [1.29, 1.82) is 0 Å². The molecule has 0 aliphatic heterocycles. The van der Waals surface area contributed by atoms with Gasteiger partial charge in [0, 0.05) is 31.2 Å². The predicted octanol–water partition coefficient (Wildman–Crippen LogP) is 5.30. The Morgan fingerprint density at radius 3 is 2.39 bits per heavy atom. The molecule has 7 nitrogen and oxygen atoms in total. The molecule has 4 aromatic rings. The smallest absolute Gasteiger partial charge is 0.349 e. The third kappa shape index (κ3) is 5.45. The number of alkyl halides is 3. The lowest BCUT2D eigenvalue weighted by Crippen LogP contribution is -2.39. The molecule has 11 heteroatoms. The van der Waals surface area contributed by atoms with E-state index in [2.05, 4.69) is 15.3 Å². The van der Waals surface area contributed by atoms with Crippen molar-refractivity contribution in [1.82, 2.24) is 24.4 Å². The summed E-state index contributed by atoms with van der Waals surface area (Å²) in [7, 11) is 0. The van der Waals surface area contributed by atoms with E-state index in [9.17, 15) is 22.8 Å². The minimum atomic E-state index is -4.77. The van der Waals surface area contributed by atoms with Crippen LogP contribution in [0.4, 0.5) is 13.2 Å². The Morgan fingerprint density at radius 1 is 1.03 bits per heavy atom. The van der Waals surface area contributed by atoms with E-state index in [1.54, 1.807) is 21.5 Å². The van der Waals surface area contributed by atoms with Crippen molar-refractivity contribution in [3.63, 3.8) is 0 Å². The molecular formula is C27H25ClF3N5O2. The summed E-state index contributed by atoms with van der Waals surface area (Å²) in [6.45, 7) is 0.938. The second-order valence-electron chi connectivity index (χ2n) is 9.57. The minimum Gasteiger partial charge on any atom is -0.349 e. The molecule has 1 aliphatic carbocycles. The van der Waals surface area contributed by atoms with Crippen molar-refractivity contribution in [3.8, 4) is 0 Å². The van der Waals surface area contributed by atoms with Gasteiger partial charge in [0.25, 0.3) is 5.91 Å². The maximum atomic E-state index is 13.4. The number of nitrogens with one attached hydrogen (secondary N) is 1. The molecule has 0 saturated heterocycles. The lowest BCUT2D eigenvalue weighted by atomic mass is 9.85. The van der Waals surface area contributed by atoms with Crippen LogP contribution in [0, 0.1) is 5.92 Å². The van der Waals surface area contributed by atoms with Crippen molar-refractivity contribution in [2.75, 3.05) is 0 Å². The summed E-state index contributed by atoms with van der Waals surface area (Å²) < 4.78 is 43.5. The third-order valence-electron chi connectivity index (χ3n) is 6.98. The number of halogens is 4. The van der Waals surface area contributed by atoms with E-state index in [-0.39, 0.29) is 22.7 Å². The summed E-state index contributed by atoms with van der Waals surface area (Å²) >= 11 is 5.81. The van der Waals surface area contributed by atoms with Gasteiger partial charge in [-0.1, -0.05) is 29.8 Å². The Morgan fingerprint density at radius 2 is 1.74 bits per heavy atom. The summed E-state index contributed by atoms with van der Waals surface area (Å²) in [5.74, 6) is -0.650. The summed E-state index contributed by atoms with van der Waals surface area (Å²) in [5.41, 5.74) is 0.689. The number of hydrogen-bond acceptors (Lipinski definition) is 4. The van der Waals surface area contributed by atoms with Crippen LogP contribution in [0.2, 0.25) is 5.02 Å². The van der Waals surface area contributed by atoms with Gasteiger partial charge in [0.1, 0.15) is 0 Å². The van der Waals surface area contributed by atoms with Gasteiger partial charge in [0.2, 0.25) is 0 Å². The van der Waals surface area contributed by atoms with Crippen LogP contribution >= 0.6 is 11.6 Å². The molecule has 3 aromatic heterocycles. The average molecular weight is 544 g/mol. The zero-order valence-corrected chi connectivity index (χ0v) is 21.0. The molecule has 1 N–H and O–H groups in total. The molecule has 1 aliphatic rings. The van der Waals surface area contributed by atoms with Gasteiger partial charge in [-0.2, -0.15) is 13.2 Å². The number of carbonyl (C=O) groups is 1. The highest BCUT2D eigenvalue weighted by Crippen LogP contribution is 2.32. The fourth-order valence-corrected chi connectivity index (χ4v) is 5.28. The number of pyridine rings is 2. The number of fused-ring (bicyclic) bond motifs is 1. The molecule has 0 bridgehead atoms. The molecule has 3 heterocycles. The number of nitrogens with zero attached hydrogens (tertiary/aromatic N) is 4. The van der Waals surface area contributed by atoms with Crippen LogP contribution in [0.25, 0.3) is 11.0 Å². The van der Waals surface area contributed by atoms with E-state index in [1.165, 1.54) is 0 Å². The van der Waals surface area contributed by atoms with Crippen LogP contribution in [0.15, 0.2) is 65.8 Å². The van der Waals surface area contributed by atoms with E-state index < -0.39 is 23.3 Å². The average Bonchev–Trinajstić information content (AvgIpc) is 3.15. The van der Waals surface area contributed by atoms with Crippen LogP contribution in [-0.4, -0.2) is 31.1 Å². The van der Waals surface area contributed by atoms with Gasteiger partial charge in [-0.05, 0) is 61.4 Å². The molecule has 0 radical (unpaired) electrons. The number of amides is 1.